The minimum atomic E-state index is 0.769. The van der Waals surface area contributed by atoms with Crippen molar-refractivity contribution in [2.24, 2.45) is 0 Å². The quantitative estimate of drug-likeness (QED) is 0.712. The molecule has 0 radical (unpaired) electrons. The SMILES string of the molecule is C#CCCc1ccc(Oc2cccc(Br)c2C)cc1. The molecule has 2 aromatic rings. The summed E-state index contributed by atoms with van der Waals surface area (Å²) in [5.74, 6) is 4.35. The first-order chi connectivity index (χ1) is 9.20. The molecule has 0 aliphatic heterocycles. The monoisotopic (exact) mass is 314 g/mol. The Balaban J connectivity index is 2.11. The van der Waals surface area contributed by atoms with Crippen LogP contribution in [0.15, 0.2) is 46.9 Å². The Morgan fingerprint density at radius 2 is 1.89 bits per heavy atom. The van der Waals surface area contributed by atoms with Gasteiger partial charge >= 0.3 is 0 Å². The lowest BCUT2D eigenvalue weighted by Gasteiger charge is -2.10. The highest BCUT2D eigenvalue weighted by Gasteiger charge is 2.04. The molecule has 0 fully saturated rings. The van der Waals surface area contributed by atoms with Crippen molar-refractivity contribution >= 4 is 15.9 Å². The second kappa shape index (κ2) is 6.45. The summed E-state index contributed by atoms with van der Waals surface area (Å²) >= 11 is 3.50. The lowest BCUT2D eigenvalue weighted by atomic mass is 10.1. The molecule has 0 spiro atoms. The van der Waals surface area contributed by atoms with Crippen LogP contribution in [0.3, 0.4) is 0 Å². The first-order valence-corrected chi connectivity index (χ1v) is 6.95. The van der Waals surface area contributed by atoms with Crippen LogP contribution in [0.2, 0.25) is 0 Å². The molecule has 2 aromatic carbocycles. The van der Waals surface area contributed by atoms with E-state index < -0.39 is 0 Å². The van der Waals surface area contributed by atoms with E-state index in [-0.39, 0.29) is 0 Å². The van der Waals surface area contributed by atoms with Crippen molar-refractivity contribution in [2.75, 3.05) is 0 Å². The Hall–Kier alpha value is -1.72. The molecule has 0 aliphatic carbocycles. The second-order valence-electron chi connectivity index (χ2n) is 4.31. The predicted molar refractivity (Wildman–Crippen MR) is 82.5 cm³/mol. The maximum absolute atomic E-state index is 5.88. The van der Waals surface area contributed by atoms with E-state index in [0.717, 1.165) is 34.4 Å². The van der Waals surface area contributed by atoms with E-state index in [1.54, 1.807) is 0 Å². The van der Waals surface area contributed by atoms with Gasteiger partial charge in [0.2, 0.25) is 0 Å². The molecule has 1 nitrogen and oxygen atoms in total. The van der Waals surface area contributed by atoms with Gasteiger partial charge in [-0.2, -0.15) is 0 Å². The van der Waals surface area contributed by atoms with Gasteiger partial charge in [0.25, 0.3) is 0 Å². The van der Waals surface area contributed by atoms with E-state index >= 15 is 0 Å². The van der Waals surface area contributed by atoms with Crippen LogP contribution in [0.25, 0.3) is 0 Å². The van der Waals surface area contributed by atoms with Crippen LogP contribution in [0, 0.1) is 19.3 Å². The zero-order valence-corrected chi connectivity index (χ0v) is 12.4. The standard InChI is InChI=1S/C17H15BrO/c1-3-4-6-14-9-11-15(12-10-14)19-17-8-5-7-16(18)13(17)2/h1,5,7-12H,4,6H2,2H3. The Morgan fingerprint density at radius 3 is 2.58 bits per heavy atom. The van der Waals surface area contributed by atoms with Crippen molar-refractivity contribution in [3.63, 3.8) is 0 Å². The summed E-state index contributed by atoms with van der Waals surface area (Å²) in [6, 6.07) is 14.0. The van der Waals surface area contributed by atoms with Crippen LogP contribution in [0.4, 0.5) is 0 Å². The second-order valence-corrected chi connectivity index (χ2v) is 5.17. The summed E-state index contributed by atoms with van der Waals surface area (Å²) in [6.45, 7) is 2.03. The van der Waals surface area contributed by atoms with Crippen LogP contribution in [0.5, 0.6) is 11.5 Å². The molecule has 0 amide bonds. The molecule has 0 N–H and O–H groups in total. The van der Waals surface area contributed by atoms with Gasteiger partial charge in [0, 0.05) is 16.5 Å². The smallest absolute Gasteiger partial charge is 0.131 e. The van der Waals surface area contributed by atoms with Gasteiger partial charge in [0.1, 0.15) is 11.5 Å². The minimum Gasteiger partial charge on any atom is -0.457 e. The van der Waals surface area contributed by atoms with E-state index in [1.807, 2.05) is 37.3 Å². The van der Waals surface area contributed by atoms with Crippen molar-refractivity contribution in [3.05, 3.63) is 58.1 Å². The highest BCUT2D eigenvalue weighted by molar-refractivity contribution is 9.10. The summed E-state index contributed by atoms with van der Waals surface area (Å²) in [7, 11) is 0. The van der Waals surface area contributed by atoms with Gasteiger partial charge in [-0.15, -0.1) is 12.3 Å². The zero-order valence-electron chi connectivity index (χ0n) is 10.8. The largest absolute Gasteiger partial charge is 0.457 e. The minimum absolute atomic E-state index is 0.769. The van der Waals surface area contributed by atoms with E-state index in [1.165, 1.54) is 5.56 Å². The number of halogens is 1. The molecule has 2 rings (SSSR count). The van der Waals surface area contributed by atoms with Crippen LogP contribution in [0.1, 0.15) is 17.5 Å². The van der Waals surface area contributed by atoms with E-state index in [0.29, 0.717) is 0 Å². The normalized spacial score (nSPS) is 9.95. The summed E-state index contributed by atoms with van der Waals surface area (Å²) in [4.78, 5) is 0. The average molecular weight is 315 g/mol. The van der Waals surface area contributed by atoms with Crippen LogP contribution < -0.4 is 4.74 Å². The van der Waals surface area contributed by atoms with Crippen molar-refractivity contribution in [1.82, 2.24) is 0 Å². The maximum atomic E-state index is 5.88. The van der Waals surface area contributed by atoms with Gasteiger partial charge in [-0.1, -0.05) is 34.1 Å². The molecule has 19 heavy (non-hydrogen) atoms. The van der Waals surface area contributed by atoms with Gasteiger partial charge in [-0.3, -0.25) is 0 Å². The number of hydrogen-bond donors (Lipinski definition) is 0. The number of benzene rings is 2. The number of aryl methyl sites for hydroxylation is 1. The Labute approximate surface area is 122 Å². The molecular weight excluding hydrogens is 300 g/mol. The predicted octanol–water partition coefficient (Wildman–Crippen LogP) is 5.12. The number of ether oxygens (including phenoxy) is 1. The third kappa shape index (κ3) is 3.62. The van der Waals surface area contributed by atoms with E-state index in [4.69, 9.17) is 11.2 Å². The topological polar surface area (TPSA) is 9.23 Å². The van der Waals surface area contributed by atoms with Crippen LogP contribution >= 0.6 is 15.9 Å². The zero-order chi connectivity index (χ0) is 13.7. The van der Waals surface area contributed by atoms with E-state index in [2.05, 4.69) is 34.0 Å². The van der Waals surface area contributed by atoms with Gasteiger partial charge < -0.3 is 4.74 Å². The fourth-order valence-electron chi connectivity index (χ4n) is 1.77. The van der Waals surface area contributed by atoms with E-state index in [9.17, 15) is 0 Å². The molecule has 0 atom stereocenters. The summed E-state index contributed by atoms with van der Waals surface area (Å²) in [6.07, 6.45) is 6.94. The molecule has 0 unspecified atom stereocenters. The maximum Gasteiger partial charge on any atom is 0.131 e. The number of hydrogen-bond acceptors (Lipinski definition) is 1. The van der Waals surface area contributed by atoms with Crippen LogP contribution in [-0.4, -0.2) is 0 Å². The molecule has 0 saturated heterocycles. The Morgan fingerprint density at radius 1 is 1.16 bits per heavy atom. The third-order valence-electron chi connectivity index (χ3n) is 2.93. The summed E-state index contributed by atoms with van der Waals surface area (Å²) < 4.78 is 6.93. The number of rotatable bonds is 4. The molecule has 0 saturated carbocycles. The number of terminal acetylenes is 1. The average Bonchev–Trinajstić information content (AvgIpc) is 2.43. The molecule has 2 heteroatoms. The fourth-order valence-corrected chi connectivity index (χ4v) is 2.11. The lowest BCUT2D eigenvalue weighted by molar-refractivity contribution is 0.478. The van der Waals surface area contributed by atoms with Gasteiger partial charge in [0.05, 0.1) is 0 Å². The fraction of sp³-hybridized carbons (Fsp3) is 0.176. The van der Waals surface area contributed by atoms with Crippen molar-refractivity contribution in [3.8, 4) is 23.8 Å². The van der Waals surface area contributed by atoms with Crippen molar-refractivity contribution < 1.29 is 4.74 Å². The third-order valence-corrected chi connectivity index (χ3v) is 3.79. The molecule has 0 heterocycles. The molecule has 96 valence electrons. The van der Waals surface area contributed by atoms with Gasteiger partial charge in [0.15, 0.2) is 0 Å². The highest BCUT2D eigenvalue weighted by Crippen LogP contribution is 2.29. The Bertz CT molecular complexity index is 594. The molecular formula is C17H15BrO. The first kappa shape index (κ1) is 13.7. The van der Waals surface area contributed by atoms with Gasteiger partial charge in [-0.25, -0.2) is 0 Å². The molecule has 0 aromatic heterocycles. The summed E-state index contributed by atoms with van der Waals surface area (Å²) in [5.41, 5.74) is 2.33. The summed E-state index contributed by atoms with van der Waals surface area (Å²) in [5, 5.41) is 0. The van der Waals surface area contributed by atoms with Gasteiger partial charge in [-0.05, 0) is 43.2 Å². The highest BCUT2D eigenvalue weighted by atomic mass is 79.9. The molecule has 0 aliphatic rings. The van der Waals surface area contributed by atoms with Crippen molar-refractivity contribution in [2.45, 2.75) is 19.8 Å². The van der Waals surface area contributed by atoms with Crippen LogP contribution in [-0.2, 0) is 6.42 Å². The Kier molecular flexibility index (Phi) is 4.65. The first-order valence-electron chi connectivity index (χ1n) is 6.16. The molecule has 0 bridgehead atoms. The van der Waals surface area contributed by atoms with Crippen molar-refractivity contribution in [1.29, 1.82) is 0 Å². The lowest BCUT2D eigenvalue weighted by Crippen LogP contribution is -1.89.